The minimum Gasteiger partial charge on any atom is -0.497 e. The molecule has 31 heavy (non-hydrogen) atoms. The molecule has 1 fully saturated rings. The van der Waals surface area contributed by atoms with Crippen molar-refractivity contribution in [3.8, 4) is 22.6 Å². The van der Waals surface area contributed by atoms with E-state index >= 15 is 0 Å². The van der Waals surface area contributed by atoms with Gasteiger partial charge in [-0.1, -0.05) is 54.6 Å². The van der Waals surface area contributed by atoms with Crippen LogP contribution in [0.4, 0.5) is 0 Å². The van der Waals surface area contributed by atoms with E-state index in [9.17, 15) is 9.90 Å². The number of ether oxygens (including phenoxy) is 3. The van der Waals surface area contributed by atoms with E-state index in [1.807, 2.05) is 48.5 Å². The van der Waals surface area contributed by atoms with Crippen LogP contribution in [0.5, 0.6) is 11.5 Å². The summed E-state index contributed by atoms with van der Waals surface area (Å²) in [7, 11) is 1.59. The van der Waals surface area contributed by atoms with Gasteiger partial charge in [-0.25, -0.2) is 4.79 Å². The van der Waals surface area contributed by atoms with Gasteiger partial charge in [0.1, 0.15) is 18.1 Å². The van der Waals surface area contributed by atoms with Gasteiger partial charge in [0.05, 0.1) is 13.7 Å². The number of hydrogen-bond donors (Lipinski definition) is 1. The summed E-state index contributed by atoms with van der Waals surface area (Å²) in [6.45, 7) is -0.259. The molecule has 5 nitrogen and oxygen atoms in total. The van der Waals surface area contributed by atoms with Crippen LogP contribution in [0.1, 0.15) is 12.0 Å². The number of hydrogen-bond acceptors (Lipinski definition) is 5. The Morgan fingerprint density at radius 2 is 1.58 bits per heavy atom. The van der Waals surface area contributed by atoms with Gasteiger partial charge in [0.25, 0.3) is 0 Å². The molecule has 0 amide bonds. The summed E-state index contributed by atoms with van der Waals surface area (Å²) < 4.78 is 16.4. The van der Waals surface area contributed by atoms with Crippen molar-refractivity contribution in [2.24, 2.45) is 0 Å². The molecular weight excluding hydrogens is 392 g/mol. The van der Waals surface area contributed by atoms with E-state index in [2.05, 4.69) is 12.1 Å². The van der Waals surface area contributed by atoms with Gasteiger partial charge in [-0.2, -0.15) is 0 Å². The fourth-order valence-corrected chi connectivity index (χ4v) is 3.53. The largest absolute Gasteiger partial charge is 0.497 e. The molecule has 1 unspecified atom stereocenters. The van der Waals surface area contributed by atoms with Crippen molar-refractivity contribution in [1.82, 2.24) is 0 Å². The summed E-state index contributed by atoms with van der Waals surface area (Å²) >= 11 is 0. The van der Waals surface area contributed by atoms with Crippen LogP contribution in [0.25, 0.3) is 17.2 Å². The second-order valence-corrected chi connectivity index (χ2v) is 7.53. The number of benzene rings is 3. The third-order valence-electron chi connectivity index (χ3n) is 5.29. The highest BCUT2D eigenvalue weighted by molar-refractivity contribution is 5.96. The smallest absolute Gasteiger partial charge is 0.334 e. The molecule has 1 saturated heterocycles. The normalized spacial score (nSPS) is 19.3. The lowest BCUT2D eigenvalue weighted by Gasteiger charge is -2.24. The molecule has 0 aromatic heterocycles. The summed E-state index contributed by atoms with van der Waals surface area (Å²) in [5.41, 5.74) is 2.56. The Bertz CT molecular complexity index is 1060. The zero-order chi connectivity index (χ0) is 21.7. The first-order chi connectivity index (χ1) is 15.1. The standard InChI is InChI=1S/C26H24O5/c1-29-23-11-13-24(14-12-23)30-18-26(17-27)16-22(25(28)31-26)15-19-7-9-21(10-8-19)20-5-3-2-4-6-20/h2-15,27H,16-18H2,1H3/b22-15+. The molecule has 4 rings (SSSR count). The van der Waals surface area contributed by atoms with Gasteiger partial charge < -0.3 is 19.3 Å². The average Bonchev–Trinajstić information content (AvgIpc) is 3.14. The van der Waals surface area contributed by atoms with Crippen LogP contribution in [0.2, 0.25) is 0 Å². The maximum atomic E-state index is 12.5. The first-order valence-corrected chi connectivity index (χ1v) is 10.1. The minimum atomic E-state index is -1.09. The molecule has 1 aliphatic rings. The van der Waals surface area contributed by atoms with Crippen molar-refractivity contribution in [1.29, 1.82) is 0 Å². The van der Waals surface area contributed by atoms with Crippen molar-refractivity contribution in [2.75, 3.05) is 20.3 Å². The zero-order valence-electron chi connectivity index (χ0n) is 17.3. The molecule has 1 heterocycles. The van der Waals surface area contributed by atoms with Crippen LogP contribution in [0, 0.1) is 0 Å². The van der Waals surface area contributed by atoms with Gasteiger partial charge in [-0.05, 0) is 47.0 Å². The van der Waals surface area contributed by atoms with Crippen LogP contribution >= 0.6 is 0 Å². The summed E-state index contributed by atoms with van der Waals surface area (Å²) in [5.74, 6) is 0.901. The molecule has 5 heteroatoms. The van der Waals surface area contributed by atoms with Gasteiger partial charge in [0.2, 0.25) is 0 Å². The van der Waals surface area contributed by atoms with Gasteiger partial charge in [-0.3, -0.25) is 0 Å². The van der Waals surface area contributed by atoms with Gasteiger partial charge in [-0.15, -0.1) is 0 Å². The van der Waals surface area contributed by atoms with Crippen molar-refractivity contribution in [3.05, 3.63) is 90.0 Å². The van der Waals surface area contributed by atoms with E-state index < -0.39 is 11.6 Å². The Balaban J connectivity index is 1.45. The lowest BCUT2D eigenvalue weighted by atomic mass is 9.97. The third kappa shape index (κ3) is 4.78. The second kappa shape index (κ2) is 9.06. The molecule has 3 aromatic rings. The van der Waals surface area contributed by atoms with Crippen LogP contribution < -0.4 is 9.47 Å². The first kappa shape index (κ1) is 20.7. The average molecular weight is 416 g/mol. The fourth-order valence-electron chi connectivity index (χ4n) is 3.53. The number of rotatable bonds is 7. The Kier molecular flexibility index (Phi) is 6.05. The Labute approximate surface area is 181 Å². The molecule has 0 radical (unpaired) electrons. The van der Waals surface area contributed by atoms with Gasteiger partial charge in [0.15, 0.2) is 5.60 Å². The molecule has 158 valence electrons. The predicted octanol–water partition coefficient (Wildman–Crippen LogP) is 4.50. The predicted molar refractivity (Wildman–Crippen MR) is 119 cm³/mol. The Morgan fingerprint density at radius 3 is 2.23 bits per heavy atom. The molecular formula is C26H24O5. The molecule has 1 aliphatic heterocycles. The van der Waals surface area contributed by atoms with Crippen molar-refractivity contribution < 1.29 is 24.1 Å². The highest BCUT2D eigenvalue weighted by atomic mass is 16.6. The summed E-state index contributed by atoms with van der Waals surface area (Å²) in [5, 5.41) is 9.94. The van der Waals surface area contributed by atoms with E-state index in [1.165, 1.54) is 0 Å². The van der Waals surface area contributed by atoms with Gasteiger partial charge in [0, 0.05) is 12.0 Å². The van der Waals surface area contributed by atoms with E-state index in [0.29, 0.717) is 11.3 Å². The highest BCUT2D eigenvalue weighted by Crippen LogP contribution is 2.33. The molecule has 0 bridgehead atoms. The molecule has 1 N–H and O–H groups in total. The van der Waals surface area contributed by atoms with E-state index in [4.69, 9.17) is 14.2 Å². The second-order valence-electron chi connectivity index (χ2n) is 7.53. The van der Waals surface area contributed by atoms with Crippen molar-refractivity contribution in [2.45, 2.75) is 12.0 Å². The first-order valence-electron chi connectivity index (χ1n) is 10.1. The zero-order valence-corrected chi connectivity index (χ0v) is 17.3. The van der Waals surface area contributed by atoms with Crippen LogP contribution in [0.15, 0.2) is 84.4 Å². The van der Waals surface area contributed by atoms with Crippen LogP contribution in [-0.4, -0.2) is 37.0 Å². The van der Waals surface area contributed by atoms with E-state index in [1.54, 1.807) is 31.4 Å². The SMILES string of the molecule is COc1ccc(OCC2(CO)C/C(=C\c3ccc(-c4ccccc4)cc3)C(=O)O2)cc1. The Morgan fingerprint density at radius 1 is 0.935 bits per heavy atom. The number of methoxy groups -OCH3 is 1. The number of esters is 1. The van der Waals surface area contributed by atoms with Crippen molar-refractivity contribution in [3.63, 3.8) is 0 Å². The topological polar surface area (TPSA) is 65.0 Å². The number of carbonyl (C=O) groups excluding carboxylic acids is 1. The van der Waals surface area contributed by atoms with Crippen LogP contribution in [0.3, 0.4) is 0 Å². The molecule has 0 spiro atoms. The lowest BCUT2D eigenvalue weighted by Crippen LogP contribution is -2.39. The van der Waals surface area contributed by atoms with Crippen LogP contribution in [-0.2, 0) is 9.53 Å². The van der Waals surface area contributed by atoms with E-state index in [0.717, 1.165) is 22.4 Å². The van der Waals surface area contributed by atoms with E-state index in [-0.39, 0.29) is 19.6 Å². The summed E-state index contributed by atoms with van der Waals surface area (Å²) in [6.07, 6.45) is 2.08. The molecule has 1 atom stereocenters. The number of aliphatic hydroxyl groups is 1. The fraction of sp³-hybridized carbons (Fsp3) is 0.192. The monoisotopic (exact) mass is 416 g/mol. The quantitative estimate of drug-likeness (QED) is 0.454. The molecule has 0 aliphatic carbocycles. The lowest BCUT2D eigenvalue weighted by molar-refractivity contribution is -0.153. The maximum Gasteiger partial charge on any atom is 0.334 e. The third-order valence-corrected chi connectivity index (χ3v) is 5.29. The highest BCUT2D eigenvalue weighted by Gasteiger charge is 2.44. The molecule has 0 saturated carbocycles. The number of carbonyl (C=O) groups is 1. The summed E-state index contributed by atoms with van der Waals surface area (Å²) in [4.78, 5) is 12.5. The number of aliphatic hydroxyl groups excluding tert-OH is 1. The molecule has 3 aromatic carbocycles. The van der Waals surface area contributed by atoms with Crippen molar-refractivity contribution >= 4 is 12.0 Å². The minimum absolute atomic E-state index is 0.0614. The van der Waals surface area contributed by atoms with Gasteiger partial charge >= 0.3 is 5.97 Å². The maximum absolute atomic E-state index is 12.5. The Hall–Kier alpha value is -3.57. The summed E-state index contributed by atoms with van der Waals surface area (Å²) in [6, 6.07) is 25.2. The number of cyclic esters (lactones) is 1.